The molecule has 4 amide bonds. The van der Waals surface area contributed by atoms with Crippen LogP contribution in [0.2, 0.25) is 0 Å². The van der Waals surface area contributed by atoms with Crippen molar-refractivity contribution in [1.82, 2.24) is 14.5 Å². The molecule has 4 aliphatic rings. The van der Waals surface area contributed by atoms with Gasteiger partial charge in [-0.15, -0.1) is 0 Å². The molecule has 0 radical (unpaired) electrons. The molecule has 3 aromatic rings. The maximum atomic E-state index is 15.2. The fraction of sp³-hybridized carbons (Fsp3) is 0.353. The molecule has 0 aromatic heterocycles. The van der Waals surface area contributed by atoms with Crippen molar-refractivity contribution in [3.8, 4) is 0 Å². The van der Waals surface area contributed by atoms with Crippen molar-refractivity contribution >= 4 is 45.0 Å². The Morgan fingerprint density at radius 1 is 0.915 bits per heavy atom. The average molecular weight is 661 g/mol. The number of amides is 4. The first kappa shape index (κ1) is 32.3. The molecular formula is C34H37FN6O5S. The van der Waals surface area contributed by atoms with E-state index < -0.39 is 33.9 Å². The van der Waals surface area contributed by atoms with Crippen LogP contribution in [0.1, 0.15) is 36.8 Å². The van der Waals surface area contributed by atoms with Crippen LogP contribution >= 0.6 is 0 Å². The normalized spacial score (nSPS) is 21.1. The smallest absolute Gasteiger partial charge is 0.321 e. The van der Waals surface area contributed by atoms with E-state index in [9.17, 15) is 22.8 Å². The van der Waals surface area contributed by atoms with Gasteiger partial charge in [-0.2, -0.15) is 0 Å². The zero-order valence-corrected chi connectivity index (χ0v) is 27.0. The Kier molecular flexibility index (Phi) is 9.11. The third-order valence-electron chi connectivity index (χ3n) is 9.04. The van der Waals surface area contributed by atoms with Crippen molar-refractivity contribution < 1.29 is 27.2 Å². The number of aliphatic imine (C=N–C) groups is 1. The quantitative estimate of drug-likeness (QED) is 0.395. The van der Waals surface area contributed by atoms with Crippen molar-refractivity contribution in [3.63, 3.8) is 0 Å². The van der Waals surface area contributed by atoms with Crippen molar-refractivity contribution in [1.29, 1.82) is 0 Å². The molecular weight excluding hydrogens is 623 g/mol. The van der Waals surface area contributed by atoms with Crippen LogP contribution in [0.5, 0.6) is 0 Å². The number of benzodiazepines with no additional fused rings is 1. The fourth-order valence-electron chi connectivity index (χ4n) is 6.52. The van der Waals surface area contributed by atoms with Gasteiger partial charge in [0, 0.05) is 44.0 Å². The SMILES string of the molecule is CN(C)S(=O)(=O)c1cccc(NC(=O)NC2N=C(c3ccccc3F)c3ccccc3N(CC(=O)N3CC4CCC(CC4)C3)C2=O)c1. The van der Waals surface area contributed by atoms with Gasteiger partial charge in [0.25, 0.3) is 5.91 Å². The van der Waals surface area contributed by atoms with Gasteiger partial charge in [0.1, 0.15) is 12.4 Å². The van der Waals surface area contributed by atoms with Gasteiger partial charge in [-0.3, -0.25) is 14.5 Å². The summed E-state index contributed by atoms with van der Waals surface area (Å²) in [5.41, 5.74) is 1.23. The summed E-state index contributed by atoms with van der Waals surface area (Å²) in [5.74, 6) is -0.576. The summed E-state index contributed by atoms with van der Waals surface area (Å²) in [5, 5.41) is 5.15. The molecule has 11 nitrogen and oxygen atoms in total. The number of benzene rings is 3. The van der Waals surface area contributed by atoms with Gasteiger partial charge >= 0.3 is 6.03 Å². The molecule has 1 aliphatic carbocycles. The number of carbonyl (C=O) groups excluding carboxylic acids is 3. The van der Waals surface area contributed by atoms with Gasteiger partial charge in [-0.25, -0.2) is 26.9 Å². The molecule has 2 bridgehead atoms. The molecule has 2 N–H and O–H groups in total. The van der Waals surface area contributed by atoms with Crippen LogP contribution in [-0.2, 0) is 19.6 Å². The van der Waals surface area contributed by atoms with Gasteiger partial charge in [-0.1, -0.05) is 36.4 Å². The maximum absolute atomic E-state index is 15.2. The van der Waals surface area contributed by atoms with Gasteiger partial charge in [0.15, 0.2) is 0 Å². The zero-order chi connectivity index (χ0) is 33.3. The fourth-order valence-corrected chi connectivity index (χ4v) is 7.47. The molecule has 246 valence electrons. The van der Waals surface area contributed by atoms with E-state index in [4.69, 9.17) is 0 Å². The van der Waals surface area contributed by atoms with Crippen molar-refractivity contribution in [2.45, 2.75) is 36.7 Å². The Hall–Kier alpha value is -4.62. The number of halogens is 1. The first-order valence-corrected chi connectivity index (χ1v) is 17.1. The Morgan fingerprint density at radius 2 is 1.55 bits per heavy atom. The van der Waals surface area contributed by atoms with Crippen LogP contribution in [0.4, 0.5) is 20.6 Å². The van der Waals surface area contributed by atoms with E-state index in [2.05, 4.69) is 15.6 Å². The highest BCUT2D eigenvalue weighted by Crippen LogP contribution is 2.35. The third kappa shape index (κ3) is 6.77. The van der Waals surface area contributed by atoms with Gasteiger partial charge in [0.2, 0.25) is 22.1 Å². The van der Waals surface area contributed by atoms with Crippen LogP contribution in [0.15, 0.2) is 82.7 Å². The lowest BCUT2D eigenvalue weighted by Gasteiger charge is -2.29. The Labute approximate surface area is 273 Å². The first-order chi connectivity index (χ1) is 22.5. The number of nitrogens with one attached hydrogen (secondary N) is 2. The van der Waals surface area contributed by atoms with E-state index in [1.165, 1.54) is 55.4 Å². The van der Waals surface area contributed by atoms with Crippen LogP contribution in [0, 0.1) is 17.7 Å². The Morgan fingerprint density at radius 3 is 2.21 bits per heavy atom. The summed E-state index contributed by atoms with van der Waals surface area (Å²) in [6.45, 7) is 1.00. The molecule has 13 heteroatoms. The van der Waals surface area contributed by atoms with E-state index in [0.717, 1.165) is 30.0 Å². The maximum Gasteiger partial charge on any atom is 0.321 e. The number of urea groups is 1. The number of anilines is 2. The highest BCUT2D eigenvalue weighted by atomic mass is 32.2. The molecule has 1 saturated carbocycles. The summed E-state index contributed by atoms with van der Waals surface area (Å²) in [7, 11) is -0.976. The molecule has 3 heterocycles. The van der Waals surface area contributed by atoms with E-state index in [1.54, 1.807) is 36.4 Å². The summed E-state index contributed by atoms with van der Waals surface area (Å²) in [6, 6.07) is 17.7. The van der Waals surface area contributed by atoms with E-state index in [0.29, 0.717) is 36.2 Å². The standard InChI is InChI=1S/C34H37FN6O5S/c1-39(2)47(45,46)25-9-7-8-24(18-25)36-34(44)38-32-33(43)41(21-30(42)40-19-22-14-15-23(20-40)17-16-22)29-13-6-4-11-27(29)31(37-32)26-10-3-5-12-28(26)35/h3-13,18,22-23,32H,14-17,19-21H2,1-2H3,(H2,36,38,44). The van der Waals surface area contributed by atoms with Gasteiger partial charge in [0.05, 0.1) is 16.3 Å². The average Bonchev–Trinajstić information content (AvgIpc) is 3.44. The predicted molar refractivity (Wildman–Crippen MR) is 176 cm³/mol. The van der Waals surface area contributed by atoms with E-state index in [1.807, 2.05) is 4.90 Å². The largest absolute Gasteiger partial charge is 0.341 e. The highest BCUT2D eigenvalue weighted by Gasteiger charge is 2.37. The molecule has 0 spiro atoms. The summed E-state index contributed by atoms with van der Waals surface area (Å²) >= 11 is 0. The van der Waals surface area contributed by atoms with Gasteiger partial charge < -0.3 is 15.5 Å². The Balaban J connectivity index is 1.33. The molecule has 3 aliphatic heterocycles. The summed E-state index contributed by atoms with van der Waals surface area (Å²) in [4.78, 5) is 49.2. The third-order valence-corrected chi connectivity index (χ3v) is 10.9. The lowest BCUT2D eigenvalue weighted by atomic mass is 9.84. The second-order valence-corrected chi connectivity index (χ2v) is 14.6. The van der Waals surface area contributed by atoms with Crippen LogP contribution < -0.4 is 15.5 Å². The number of para-hydroxylation sites is 1. The lowest BCUT2D eigenvalue weighted by Crippen LogP contribution is -2.51. The minimum absolute atomic E-state index is 0.0345. The van der Waals surface area contributed by atoms with Crippen LogP contribution in [0.25, 0.3) is 0 Å². The number of hydrogen-bond acceptors (Lipinski definition) is 6. The lowest BCUT2D eigenvalue weighted by molar-refractivity contribution is -0.132. The van der Waals surface area contributed by atoms with Gasteiger partial charge in [-0.05, 0) is 73.9 Å². The summed E-state index contributed by atoms with van der Waals surface area (Å²) in [6.07, 6.45) is 2.81. The molecule has 2 saturated heterocycles. The van der Waals surface area contributed by atoms with E-state index in [-0.39, 0.29) is 34.3 Å². The molecule has 3 fully saturated rings. The number of nitrogens with zero attached hydrogens (tertiary/aromatic N) is 4. The molecule has 1 atom stereocenters. The van der Waals surface area contributed by atoms with Crippen LogP contribution in [0.3, 0.4) is 0 Å². The predicted octanol–water partition coefficient (Wildman–Crippen LogP) is 4.06. The second kappa shape index (κ2) is 13.2. The van der Waals surface area contributed by atoms with Crippen LogP contribution in [-0.4, -0.2) is 81.1 Å². The highest BCUT2D eigenvalue weighted by molar-refractivity contribution is 7.89. The summed E-state index contributed by atoms with van der Waals surface area (Å²) < 4.78 is 41.6. The minimum Gasteiger partial charge on any atom is -0.341 e. The first-order valence-electron chi connectivity index (χ1n) is 15.6. The second-order valence-electron chi connectivity index (χ2n) is 12.4. The number of carbonyl (C=O) groups is 3. The number of hydrogen-bond donors (Lipinski definition) is 2. The monoisotopic (exact) mass is 660 g/mol. The number of fused-ring (bicyclic) bond motifs is 5. The topological polar surface area (TPSA) is 131 Å². The zero-order valence-electron chi connectivity index (χ0n) is 26.2. The van der Waals surface area contributed by atoms with Crippen molar-refractivity contribution in [2.24, 2.45) is 16.8 Å². The number of rotatable bonds is 7. The molecule has 7 rings (SSSR count). The number of sulfonamides is 1. The molecule has 1 unspecified atom stereocenters. The van der Waals surface area contributed by atoms with Crippen molar-refractivity contribution in [3.05, 3.63) is 89.7 Å². The molecule has 47 heavy (non-hydrogen) atoms. The van der Waals surface area contributed by atoms with Crippen molar-refractivity contribution in [2.75, 3.05) is 43.9 Å². The molecule has 3 aromatic carbocycles. The minimum atomic E-state index is -3.77. The Bertz CT molecular complexity index is 1830. The van der Waals surface area contributed by atoms with E-state index >= 15 is 4.39 Å².